The van der Waals surface area contributed by atoms with Gasteiger partial charge in [-0.25, -0.2) is 4.79 Å². The van der Waals surface area contributed by atoms with Crippen molar-refractivity contribution in [2.75, 3.05) is 13.1 Å². The highest BCUT2D eigenvalue weighted by Crippen LogP contribution is 2.05. The number of hydrogen-bond donors (Lipinski definition) is 1. The van der Waals surface area contributed by atoms with Crippen LogP contribution in [-0.4, -0.2) is 31.5 Å². The van der Waals surface area contributed by atoms with Crippen LogP contribution in [0.2, 0.25) is 0 Å². The second kappa shape index (κ2) is 4.30. The predicted octanol–water partition coefficient (Wildman–Crippen LogP) is 0.910. The Labute approximate surface area is 72.2 Å². The first-order valence-electron chi connectivity index (χ1n) is 4.26. The summed E-state index contributed by atoms with van der Waals surface area (Å²) < 4.78 is 9.82. The van der Waals surface area contributed by atoms with Crippen LogP contribution in [0, 0.1) is 0 Å². The maximum atomic E-state index is 10.9. The van der Waals surface area contributed by atoms with E-state index in [4.69, 9.17) is 9.47 Å². The molecule has 0 radical (unpaired) electrons. The van der Waals surface area contributed by atoms with Crippen LogP contribution in [0.25, 0.3) is 0 Å². The van der Waals surface area contributed by atoms with Crippen molar-refractivity contribution in [2.24, 2.45) is 0 Å². The molecular formula is C8H15NO3. The maximum absolute atomic E-state index is 10.9. The lowest BCUT2D eigenvalue weighted by Gasteiger charge is -2.12. The first kappa shape index (κ1) is 9.32. The average molecular weight is 173 g/mol. The molecule has 4 heteroatoms. The molecule has 1 aliphatic rings. The molecule has 0 spiro atoms. The molecule has 0 aromatic heterocycles. The lowest BCUT2D eigenvalue weighted by Crippen LogP contribution is -2.23. The summed E-state index contributed by atoms with van der Waals surface area (Å²) in [6.45, 7) is 5.26. The Morgan fingerprint density at radius 3 is 2.83 bits per heavy atom. The Balaban J connectivity index is 2.16. The van der Waals surface area contributed by atoms with Crippen molar-refractivity contribution in [2.45, 2.75) is 32.5 Å². The van der Waals surface area contributed by atoms with Gasteiger partial charge in [0.15, 0.2) is 0 Å². The third-order valence-corrected chi connectivity index (χ3v) is 1.61. The van der Waals surface area contributed by atoms with Gasteiger partial charge >= 0.3 is 6.16 Å². The lowest BCUT2D eigenvalue weighted by molar-refractivity contribution is 0.0125. The Morgan fingerprint density at radius 1 is 1.58 bits per heavy atom. The van der Waals surface area contributed by atoms with Crippen LogP contribution >= 0.6 is 0 Å². The number of carbonyl (C=O) groups is 1. The van der Waals surface area contributed by atoms with Gasteiger partial charge in [0.05, 0.1) is 6.10 Å². The molecule has 0 amide bonds. The molecule has 0 saturated carbocycles. The van der Waals surface area contributed by atoms with E-state index in [0.29, 0.717) is 0 Å². The third-order valence-electron chi connectivity index (χ3n) is 1.61. The standard InChI is InChI=1S/C8H15NO3/c1-6(2)11-8(10)12-7-3-4-9-5-7/h6-7,9H,3-5H2,1-2H3. The van der Waals surface area contributed by atoms with E-state index < -0.39 is 6.16 Å². The van der Waals surface area contributed by atoms with Crippen molar-refractivity contribution in [3.63, 3.8) is 0 Å². The lowest BCUT2D eigenvalue weighted by atomic mass is 10.3. The van der Waals surface area contributed by atoms with Crippen molar-refractivity contribution < 1.29 is 14.3 Å². The van der Waals surface area contributed by atoms with Crippen LogP contribution in [0.4, 0.5) is 4.79 Å². The predicted molar refractivity (Wildman–Crippen MR) is 44.0 cm³/mol. The minimum atomic E-state index is -0.557. The number of hydrogen-bond acceptors (Lipinski definition) is 4. The summed E-state index contributed by atoms with van der Waals surface area (Å²) in [6.07, 6.45) is 0.217. The van der Waals surface area contributed by atoms with Gasteiger partial charge in [-0.15, -0.1) is 0 Å². The number of rotatable bonds is 2. The molecule has 0 aromatic rings. The zero-order chi connectivity index (χ0) is 8.97. The van der Waals surface area contributed by atoms with Crippen molar-refractivity contribution in [3.05, 3.63) is 0 Å². The van der Waals surface area contributed by atoms with Crippen LogP contribution in [0.3, 0.4) is 0 Å². The van der Waals surface area contributed by atoms with Crippen molar-refractivity contribution in [3.8, 4) is 0 Å². The molecule has 1 atom stereocenters. The molecule has 1 heterocycles. The number of ether oxygens (including phenoxy) is 2. The number of carbonyl (C=O) groups excluding carboxylic acids is 1. The van der Waals surface area contributed by atoms with Crippen molar-refractivity contribution in [1.82, 2.24) is 5.32 Å². The molecule has 70 valence electrons. The number of nitrogens with one attached hydrogen (secondary N) is 1. The minimum absolute atomic E-state index is 0.00347. The molecule has 0 bridgehead atoms. The monoisotopic (exact) mass is 173 g/mol. The zero-order valence-corrected chi connectivity index (χ0v) is 7.50. The van der Waals surface area contributed by atoms with Gasteiger partial charge in [0.2, 0.25) is 0 Å². The topological polar surface area (TPSA) is 47.6 Å². The van der Waals surface area contributed by atoms with Gasteiger partial charge in [-0.1, -0.05) is 0 Å². The smallest absolute Gasteiger partial charge is 0.432 e. The van der Waals surface area contributed by atoms with Crippen LogP contribution in [0.15, 0.2) is 0 Å². The van der Waals surface area contributed by atoms with E-state index in [1.807, 2.05) is 0 Å². The molecule has 12 heavy (non-hydrogen) atoms. The van der Waals surface area contributed by atoms with Gasteiger partial charge in [-0.3, -0.25) is 0 Å². The van der Waals surface area contributed by atoms with E-state index in [1.54, 1.807) is 13.8 Å². The van der Waals surface area contributed by atoms with Gasteiger partial charge in [-0.2, -0.15) is 0 Å². The van der Waals surface area contributed by atoms with Gasteiger partial charge in [0.1, 0.15) is 6.10 Å². The van der Waals surface area contributed by atoms with Crippen LogP contribution < -0.4 is 5.32 Å². The van der Waals surface area contributed by atoms with Crippen LogP contribution in [0.1, 0.15) is 20.3 Å². The molecule has 1 aliphatic heterocycles. The summed E-state index contributed by atoms with van der Waals surface area (Å²) in [4.78, 5) is 10.9. The Hall–Kier alpha value is -0.770. The molecule has 4 nitrogen and oxygen atoms in total. The molecule has 0 aliphatic carbocycles. The highest BCUT2D eigenvalue weighted by atomic mass is 16.7. The SMILES string of the molecule is CC(C)OC(=O)OC1CCNC1. The van der Waals surface area contributed by atoms with E-state index in [0.717, 1.165) is 19.5 Å². The van der Waals surface area contributed by atoms with E-state index in [9.17, 15) is 4.79 Å². The maximum Gasteiger partial charge on any atom is 0.508 e. The Kier molecular flexibility index (Phi) is 3.34. The van der Waals surface area contributed by atoms with E-state index in [1.165, 1.54) is 0 Å². The first-order chi connectivity index (χ1) is 5.68. The Morgan fingerprint density at radius 2 is 2.33 bits per heavy atom. The van der Waals surface area contributed by atoms with Gasteiger partial charge in [0.25, 0.3) is 0 Å². The van der Waals surface area contributed by atoms with Crippen LogP contribution in [-0.2, 0) is 9.47 Å². The average Bonchev–Trinajstić information content (AvgIpc) is 2.37. The fraction of sp³-hybridized carbons (Fsp3) is 0.875. The minimum Gasteiger partial charge on any atom is -0.432 e. The van der Waals surface area contributed by atoms with Gasteiger partial charge < -0.3 is 14.8 Å². The Bertz CT molecular complexity index is 152. The third kappa shape index (κ3) is 3.09. The first-order valence-corrected chi connectivity index (χ1v) is 4.26. The molecular weight excluding hydrogens is 158 g/mol. The quantitative estimate of drug-likeness (QED) is 0.630. The largest absolute Gasteiger partial charge is 0.508 e. The highest BCUT2D eigenvalue weighted by molar-refractivity contribution is 5.60. The molecule has 0 aromatic carbocycles. The molecule has 1 unspecified atom stereocenters. The summed E-state index contributed by atoms with van der Waals surface area (Å²) in [7, 11) is 0. The molecule has 1 fully saturated rings. The van der Waals surface area contributed by atoms with Crippen molar-refractivity contribution in [1.29, 1.82) is 0 Å². The summed E-state index contributed by atoms with van der Waals surface area (Å²) in [6, 6.07) is 0. The molecule has 1 N–H and O–H groups in total. The highest BCUT2D eigenvalue weighted by Gasteiger charge is 2.19. The normalized spacial score (nSPS) is 22.8. The van der Waals surface area contributed by atoms with Crippen LogP contribution in [0.5, 0.6) is 0 Å². The van der Waals surface area contributed by atoms with Gasteiger partial charge in [0, 0.05) is 6.54 Å². The zero-order valence-electron chi connectivity index (χ0n) is 7.50. The molecule has 1 rings (SSSR count). The van der Waals surface area contributed by atoms with Crippen molar-refractivity contribution >= 4 is 6.16 Å². The summed E-state index contributed by atoms with van der Waals surface area (Å²) in [5.41, 5.74) is 0. The fourth-order valence-corrected chi connectivity index (χ4v) is 1.09. The summed E-state index contributed by atoms with van der Waals surface area (Å²) in [5, 5.41) is 3.10. The van der Waals surface area contributed by atoms with Gasteiger partial charge in [-0.05, 0) is 26.8 Å². The fourth-order valence-electron chi connectivity index (χ4n) is 1.09. The van der Waals surface area contributed by atoms with E-state index in [-0.39, 0.29) is 12.2 Å². The second-order valence-corrected chi connectivity index (χ2v) is 3.15. The van der Waals surface area contributed by atoms with E-state index >= 15 is 0 Å². The molecule has 1 saturated heterocycles. The second-order valence-electron chi connectivity index (χ2n) is 3.15. The summed E-state index contributed by atoms with van der Waals surface area (Å²) >= 11 is 0. The summed E-state index contributed by atoms with van der Waals surface area (Å²) in [5.74, 6) is 0. The van der Waals surface area contributed by atoms with E-state index in [2.05, 4.69) is 5.32 Å².